The molecule has 1 aromatic carbocycles. The largest absolute Gasteiger partial charge is 0.367 e. The molecule has 30 heavy (non-hydrogen) atoms. The molecule has 1 fully saturated rings. The smallest absolute Gasteiger partial charge is 0.251 e. The van der Waals surface area contributed by atoms with Crippen LogP contribution in [-0.2, 0) is 6.42 Å². The van der Waals surface area contributed by atoms with E-state index < -0.39 is 5.82 Å². The Morgan fingerprint density at radius 2 is 1.93 bits per heavy atom. The molecule has 0 radical (unpaired) electrons. The number of anilines is 2. The molecule has 0 atom stereocenters. The van der Waals surface area contributed by atoms with Crippen molar-refractivity contribution >= 4 is 11.5 Å². The Bertz CT molecular complexity index is 1140. The number of halogens is 1. The number of nitriles is 1. The number of nitrogens with one attached hydrogen (secondary N) is 1. The van der Waals surface area contributed by atoms with Crippen LogP contribution in [0.4, 0.5) is 15.9 Å². The zero-order chi connectivity index (χ0) is 21.1. The predicted molar refractivity (Wildman–Crippen MR) is 113 cm³/mol. The zero-order valence-electron chi connectivity index (χ0n) is 16.6. The molecular formula is C22H21FN6O. The predicted octanol–water partition coefficient (Wildman–Crippen LogP) is 2.73. The van der Waals surface area contributed by atoms with Gasteiger partial charge in [0.2, 0.25) is 0 Å². The third-order valence-corrected chi connectivity index (χ3v) is 5.23. The summed E-state index contributed by atoms with van der Waals surface area (Å²) in [6.07, 6.45) is 2.39. The Kier molecular flexibility index (Phi) is 5.44. The highest BCUT2D eigenvalue weighted by Gasteiger charge is 2.21. The fourth-order valence-corrected chi connectivity index (χ4v) is 3.60. The minimum atomic E-state index is -0.492. The summed E-state index contributed by atoms with van der Waals surface area (Å²) in [5.74, 6) is 0.846. The molecule has 8 heteroatoms. The molecule has 7 nitrogen and oxygen atoms in total. The number of H-pyrrole nitrogens is 1. The fraction of sp³-hybridized carbons (Fsp3) is 0.273. The molecule has 2 aromatic heterocycles. The second-order valence-electron chi connectivity index (χ2n) is 7.06. The van der Waals surface area contributed by atoms with Gasteiger partial charge in [0.1, 0.15) is 29.1 Å². The highest BCUT2D eigenvalue weighted by Crippen LogP contribution is 2.25. The minimum absolute atomic E-state index is 0.0872. The third-order valence-electron chi connectivity index (χ3n) is 5.23. The van der Waals surface area contributed by atoms with Gasteiger partial charge >= 0.3 is 0 Å². The van der Waals surface area contributed by atoms with Crippen LogP contribution in [0.25, 0.3) is 11.4 Å². The maximum absolute atomic E-state index is 13.9. The molecule has 1 aliphatic heterocycles. The van der Waals surface area contributed by atoms with Gasteiger partial charge in [-0.05, 0) is 30.7 Å². The lowest BCUT2D eigenvalue weighted by molar-refractivity contribution is 0.615. The normalized spacial score (nSPS) is 13.9. The molecule has 1 N–H and O–H groups in total. The number of rotatable bonds is 4. The highest BCUT2D eigenvalue weighted by molar-refractivity contribution is 5.61. The van der Waals surface area contributed by atoms with E-state index in [0.29, 0.717) is 44.1 Å². The number of pyridine rings is 1. The van der Waals surface area contributed by atoms with Crippen LogP contribution in [0.15, 0.2) is 47.4 Å². The number of hydrogen-bond acceptors (Lipinski definition) is 6. The maximum atomic E-state index is 13.9. The number of aromatic nitrogens is 3. The molecule has 0 saturated carbocycles. The molecule has 0 aliphatic carbocycles. The zero-order valence-corrected chi connectivity index (χ0v) is 16.6. The lowest BCUT2D eigenvalue weighted by Crippen LogP contribution is -2.47. The number of aryl methyl sites for hydroxylation is 1. The lowest BCUT2D eigenvalue weighted by Gasteiger charge is -2.37. The van der Waals surface area contributed by atoms with E-state index in [4.69, 9.17) is 0 Å². The maximum Gasteiger partial charge on any atom is 0.251 e. The second kappa shape index (κ2) is 8.33. The van der Waals surface area contributed by atoms with Crippen LogP contribution in [0.3, 0.4) is 0 Å². The molecule has 0 unspecified atom stereocenters. The Hall–Kier alpha value is -3.73. The average Bonchev–Trinajstić information content (AvgIpc) is 2.78. The average molecular weight is 404 g/mol. The van der Waals surface area contributed by atoms with Crippen LogP contribution >= 0.6 is 0 Å². The number of piperazine rings is 1. The standard InChI is InChI=1S/C22H21FN6O/c1-2-16-12-21(30)27-22(26-16)15-6-7-20(25-14-15)29-10-8-28(9-11-29)19-5-3-4-18(23)17(19)13-24/h3-7,12,14H,2,8-11H2,1H3,(H,26,27,30). The van der Waals surface area contributed by atoms with Crippen molar-refractivity contribution < 1.29 is 4.39 Å². The van der Waals surface area contributed by atoms with Gasteiger partial charge < -0.3 is 14.8 Å². The van der Waals surface area contributed by atoms with Crippen LogP contribution in [0, 0.1) is 17.1 Å². The van der Waals surface area contributed by atoms with Crippen molar-refractivity contribution in [2.45, 2.75) is 13.3 Å². The van der Waals surface area contributed by atoms with E-state index in [1.54, 1.807) is 18.3 Å². The van der Waals surface area contributed by atoms with E-state index in [9.17, 15) is 14.4 Å². The molecule has 152 valence electrons. The first kappa shape index (κ1) is 19.6. The third kappa shape index (κ3) is 3.87. The molecule has 3 heterocycles. The topological polar surface area (TPSA) is 88.9 Å². The first-order valence-electron chi connectivity index (χ1n) is 9.84. The summed E-state index contributed by atoms with van der Waals surface area (Å²) in [4.78, 5) is 27.7. The number of aromatic amines is 1. The van der Waals surface area contributed by atoms with Crippen LogP contribution in [0.1, 0.15) is 18.2 Å². The number of benzene rings is 1. The molecule has 0 amide bonds. The van der Waals surface area contributed by atoms with Gasteiger partial charge in [0, 0.05) is 49.7 Å². The molecule has 1 aliphatic rings. The summed E-state index contributed by atoms with van der Waals surface area (Å²) in [5.41, 5.74) is 2.04. The summed E-state index contributed by atoms with van der Waals surface area (Å²) in [6, 6.07) is 12.0. The molecule has 0 bridgehead atoms. The Morgan fingerprint density at radius 1 is 1.17 bits per heavy atom. The van der Waals surface area contributed by atoms with E-state index in [2.05, 4.69) is 19.9 Å². The van der Waals surface area contributed by atoms with Gasteiger partial charge in [-0.25, -0.2) is 14.4 Å². The van der Waals surface area contributed by atoms with Gasteiger partial charge in [-0.1, -0.05) is 13.0 Å². The van der Waals surface area contributed by atoms with Crippen molar-refractivity contribution in [2.75, 3.05) is 36.0 Å². The van der Waals surface area contributed by atoms with E-state index in [-0.39, 0.29) is 11.1 Å². The van der Waals surface area contributed by atoms with Crippen molar-refractivity contribution in [3.63, 3.8) is 0 Å². The van der Waals surface area contributed by atoms with Crippen LogP contribution in [0.2, 0.25) is 0 Å². The SMILES string of the molecule is CCc1cc(=O)[nH]c(-c2ccc(N3CCN(c4cccc(F)c4C#N)CC3)nc2)n1. The minimum Gasteiger partial charge on any atom is -0.367 e. The summed E-state index contributed by atoms with van der Waals surface area (Å²) < 4.78 is 13.9. The van der Waals surface area contributed by atoms with E-state index in [0.717, 1.165) is 17.1 Å². The van der Waals surface area contributed by atoms with Crippen LogP contribution in [-0.4, -0.2) is 41.1 Å². The fourth-order valence-electron chi connectivity index (χ4n) is 3.60. The molecule has 3 aromatic rings. The summed E-state index contributed by atoms with van der Waals surface area (Å²) >= 11 is 0. The first-order chi connectivity index (χ1) is 14.6. The number of hydrogen-bond donors (Lipinski definition) is 1. The van der Waals surface area contributed by atoms with Gasteiger partial charge in [-0.15, -0.1) is 0 Å². The van der Waals surface area contributed by atoms with Gasteiger partial charge in [0.05, 0.1) is 5.69 Å². The van der Waals surface area contributed by atoms with Crippen molar-refractivity contribution in [2.24, 2.45) is 0 Å². The van der Waals surface area contributed by atoms with Crippen LogP contribution < -0.4 is 15.4 Å². The van der Waals surface area contributed by atoms with Crippen molar-refractivity contribution in [1.82, 2.24) is 15.0 Å². The van der Waals surface area contributed by atoms with Gasteiger partial charge in [-0.3, -0.25) is 4.79 Å². The van der Waals surface area contributed by atoms with E-state index >= 15 is 0 Å². The van der Waals surface area contributed by atoms with Crippen molar-refractivity contribution in [3.8, 4) is 17.5 Å². The van der Waals surface area contributed by atoms with Gasteiger partial charge in [0.15, 0.2) is 0 Å². The Morgan fingerprint density at radius 3 is 2.60 bits per heavy atom. The highest BCUT2D eigenvalue weighted by atomic mass is 19.1. The van der Waals surface area contributed by atoms with Gasteiger partial charge in [0.25, 0.3) is 5.56 Å². The lowest BCUT2D eigenvalue weighted by atomic mass is 10.1. The molecule has 1 saturated heterocycles. The van der Waals surface area contributed by atoms with Crippen molar-refractivity contribution in [1.29, 1.82) is 5.26 Å². The Labute approximate surface area is 173 Å². The summed E-state index contributed by atoms with van der Waals surface area (Å²) in [6.45, 7) is 4.68. The summed E-state index contributed by atoms with van der Waals surface area (Å²) in [5, 5.41) is 9.27. The quantitative estimate of drug-likeness (QED) is 0.719. The molecular weight excluding hydrogens is 383 g/mol. The Balaban J connectivity index is 1.47. The van der Waals surface area contributed by atoms with Crippen molar-refractivity contribution in [3.05, 3.63) is 70.0 Å². The van der Waals surface area contributed by atoms with Crippen LogP contribution in [0.5, 0.6) is 0 Å². The monoisotopic (exact) mass is 404 g/mol. The number of nitrogens with zero attached hydrogens (tertiary/aromatic N) is 5. The van der Waals surface area contributed by atoms with E-state index in [1.165, 1.54) is 12.1 Å². The van der Waals surface area contributed by atoms with Gasteiger partial charge in [-0.2, -0.15) is 5.26 Å². The molecule has 4 rings (SSSR count). The second-order valence-corrected chi connectivity index (χ2v) is 7.06. The summed E-state index contributed by atoms with van der Waals surface area (Å²) in [7, 11) is 0. The van der Waals surface area contributed by atoms with E-state index in [1.807, 2.05) is 30.0 Å². The molecule has 0 spiro atoms. The first-order valence-corrected chi connectivity index (χ1v) is 9.84.